The third-order valence-electron chi connectivity index (χ3n) is 4.95. The molecule has 1 atom stereocenters. The number of carbonyl (C=O) groups is 1. The third kappa shape index (κ3) is 3.75. The average molecular weight is 325 g/mol. The van der Waals surface area contributed by atoms with Gasteiger partial charge in [-0.15, -0.1) is 0 Å². The summed E-state index contributed by atoms with van der Waals surface area (Å²) in [6, 6.07) is 8.81. The fraction of sp³-hybridized carbons (Fsp3) is 0.500. The maximum absolute atomic E-state index is 12.0. The van der Waals surface area contributed by atoms with Crippen LogP contribution in [0.5, 0.6) is 0 Å². The van der Waals surface area contributed by atoms with Crippen LogP contribution in [0.2, 0.25) is 0 Å². The lowest BCUT2D eigenvalue weighted by molar-refractivity contribution is -0.136. The number of amides is 1. The van der Waals surface area contributed by atoms with Crippen LogP contribution in [0.15, 0.2) is 36.7 Å². The van der Waals surface area contributed by atoms with Gasteiger partial charge in [0.15, 0.2) is 0 Å². The fourth-order valence-corrected chi connectivity index (χ4v) is 3.71. The number of hydrogen-bond donors (Lipinski definition) is 0. The standard InChI is InChI=1S/C20H27N3O/c1-15(2)23-13-16(7-8-20(23)24)12-22(3)14-18-6-4-5-17-11-21-10-9-19(17)18/h4-6,9-11,15-16H,7-8,12-14H2,1-3H3. The lowest BCUT2D eigenvalue weighted by atomic mass is 9.95. The summed E-state index contributed by atoms with van der Waals surface area (Å²) in [5.74, 6) is 0.872. The zero-order chi connectivity index (χ0) is 17.1. The van der Waals surface area contributed by atoms with Gasteiger partial charge in [-0.2, -0.15) is 0 Å². The molecule has 1 aliphatic rings. The zero-order valence-corrected chi connectivity index (χ0v) is 14.9. The van der Waals surface area contributed by atoms with E-state index in [0.29, 0.717) is 24.3 Å². The van der Waals surface area contributed by atoms with Crippen LogP contribution in [-0.2, 0) is 11.3 Å². The Hall–Kier alpha value is -1.94. The second kappa shape index (κ2) is 7.31. The highest BCUT2D eigenvalue weighted by Gasteiger charge is 2.27. The van der Waals surface area contributed by atoms with Gasteiger partial charge in [0.25, 0.3) is 0 Å². The number of nitrogens with zero attached hydrogens (tertiary/aromatic N) is 3. The minimum Gasteiger partial charge on any atom is -0.340 e. The molecule has 3 rings (SSSR count). The molecule has 0 aliphatic carbocycles. The molecule has 4 heteroatoms. The molecule has 128 valence electrons. The first-order valence-corrected chi connectivity index (χ1v) is 8.84. The Morgan fingerprint density at radius 1 is 1.33 bits per heavy atom. The molecule has 0 spiro atoms. The molecule has 0 saturated carbocycles. The highest BCUT2D eigenvalue weighted by atomic mass is 16.2. The van der Waals surface area contributed by atoms with Gasteiger partial charge in [-0.05, 0) is 50.2 Å². The summed E-state index contributed by atoms with van der Waals surface area (Å²) >= 11 is 0. The molecule has 1 aromatic carbocycles. The van der Waals surface area contributed by atoms with E-state index in [0.717, 1.165) is 26.1 Å². The van der Waals surface area contributed by atoms with Crippen molar-refractivity contribution in [2.45, 2.75) is 39.3 Å². The number of fused-ring (bicyclic) bond motifs is 1. The monoisotopic (exact) mass is 325 g/mol. The minimum absolute atomic E-state index is 0.302. The van der Waals surface area contributed by atoms with Crippen LogP contribution in [0.1, 0.15) is 32.3 Å². The van der Waals surface area contributed by atoms with Crippen molar-refractivity contribution in [3.05, 3.63) is 42.2 Å². The molecule has 4 nitrogen and oxygen atoms in total. The van der Waals surface area contributed by atoms with Gasteiger partial charge in [0.1, 0.15) is 0 Å². The third-order valence-corrected chi connectivity index (χ3v) is 4.95. The Morgan fingerprint density at radius 3 is 2.96 bits per heavy atom. The molecule has 2 heterocycles. The number of rotatable bonds is 5. The van der Waals surface area contributed by atoms with E-state index in [1.54, 1.807) is 0 Å². The Kier molecular flexibility index (Phi) is 5.14. The summed E-state index contributed by atoms with van der Waals surface area (Å²) in [7, 11) is 2.18. The van der Waals surface area contributed by atoms with Crippen LogP contribution in [-0.4, -0.2) is 46.9 Å². The molecular weight excluding hydrogens is 298 g/mol. The van der Waals surface area contributed by atoms with Crippen molar-refractivity contribution in [2.24, 2.45) is 5.92 Å². The topological polar surface area (TPSA) is 36.4 Å². The van der Waals surface area contributed by atoms with Crippen LogP contribution in [0, 0.1) is 5.92 Å². The van der Waals surface area contributed by atoms with Crippen molar-refractivity contribution in [1.29, 1.82) is 0 Å². The van der Waals surface area contributed by atoms with E-state index in [1.165, 1.54) is 16.3 Å². The van der Waals surface area contributed by atoms with E-state index in [1.807, 2.05) is 17.3 Å². The summed E-state index contributed by atoms with van der Waals surface area (Å²) in [5.41, 5.74) is 1.34. The largest absolute Gasteiger partial charge is 0.340 e. The molecular formula is C20H27N3O. The smallest absolute Gasteiger partial charge is 0.222 e. The van der Waals surface area contributed by atoms with E-state index in [9.17, 15) is 4.79 Å². The van der Waals surface area contributed by atoms with Gasteiger partial charge in [0, 0.05) is 49.9 Å². The van der Waals surface area contributed by atoms with Crippen LogP contribution in [0.25, 0.3) is 10.8 Å². The van der Waals surface area contributed by atoms with Crippen molar-refractivity contribution in [3.63, 3.8) is 0 Å². The Balaban J connectivity index is 1.65. The second-order valence-electron chi connectivity index (χ2n) is 7.26. The Bertz CT molecular complexity index is 708. The predicted molar refractivity (Wildman–Crippen MR) is 97.7 cm³/mol. The first-order valence-electron chi connectivity index (χ1n) is 8.84. The van der Waals surface area contributed by atoms with Crippen molar-refractivity contribution < 1.29 is 4.79 Å². The number of benzene rings is 1. The summed E-state index contributed by atoms with van der Waals surface area (Å²) in [4.78, 5) is 20.6. The average Bonchev–Trinajstić information content (AvgIpc) is 2.56. The summed E-state index contributed by atoms with van der Waals surface area (Å²) < 4.78 is 0. The summed E-state index contributed by atoms with van der Waals surface area (Å²) in [5, 5.41) is 2.47. The van der Waals surface area contributed by atoms with Gasteiger partial charge < -0.3 is 9.80 Å². The molecule has 0 radical (unpaired) electrons. The number of carbonyl (C=O) groups excluding carboxylic acids is 1. The highest BCUT2D eigenvalue weighted by molar-refractivity contribution is 5.84. The maximum atomic E-state index is 12.0. The SMILES string of the molecule is CC(C)N1CC(CN(C)Cc2cccc3cnccc23)CCC1=O. The van der Waals surface area contributed by atoms with Gasteiger partial charge in [-0.1, -0.05) is 18.2 Å². The van der Waals surface area contributed by atoms with E-state index in [4.69, 9.17) is 0 Å². The molecule has 1 saturated heterocycles. The molecule has 0 N–H and O–H groups in total. The Morgan fingerprint density at radius 2 is 2.17 bits per heavy atom. The quantitative estimate of drug-likeness (QED) is 0.846. The van der Waals surface area contributed by atoms with Crippen LogP contribution >= 0.6 is 0 Å². The van der Waals surface area contributed by atoms with Crippen molar-refractivity contribution in [1.82, 2.24) is 14.8 Å². The van der Waals surface area contributed by atoms with Gasteiger partial charge in [-0.25, -0.2) is 0 Å². The van der Waals surface area contributed by atoms with Crippen LogP contribution in [0.3, 0.4) is 0 Å². The predicted octanol–water partition coefficient (Wildman–Crippen LogP) is 3.31. The summed E-state index contributed by atoms with van der Waals surface area (Å²) in [6.07, 6.45) is 5.48. The van der Waals surface area contributed by atoms with Gasteiger partial charge in [0.2, 0.25) is 5.91 Å². The first kappa shape index (κ1) is 16.9. The molecule has 1 unspecified atom stereocenters. The molecule has 24 heavy (non-hydrogen) atoms. The summed E-state index contributed by atoms with van der Waals surface area (Å²) in [6.45, 7) is 7.05. The number of hydrogen-bond acceptors (Lipinski definition) is 3. The number of piperidine rings is 1. The maximum Gasteiger partial charge on any atom is 0.222 e. The van der Waals surface area contributed by atoms with E-state index >= 15 is 0 Å². The number of aromatic nitrogens is 1. The zero-order valence-electron chi connectivity index (χ0n) is 14.9. The van der Waals surface area contributed by atoms with Gasteiger partial charge in [-0.3, -0.25) is 9.78 Å². The highest BCUT2D eigenvalue weighted by Crippen LogP contribution is 2.22. The molecule has 1 amide bonds. The molecule has 2 aromatic rings. The van der Waals surface area contributed by atoms with Crippen molar-refractivity contribution >= 4 is 16.7 Å². The van der Waals surface area contributed by atoms with E-state index < -0.39 is 0 Å². The fourth-order valence-electron chi connectivity index (χ4n) is 3.71. The van der Waals surface area contributed by atoms with E-state index in [2.05, 4.69) is 55.0 Å². The van der Waals surface area contributed by atoms with E-state index in [-0.39, 0.29) is 0 Å². The normalized spacial score (nSPS) is 18.8. The minimum atomic E-state index is 0.302. The first-order chi connectivity index (χ1) is 11.5. The van der Waals surface area contributed by atoms with Crippen molar-refractivity contribution in [3.8, 4) is 0 Å². The number of likely N-dealkylation sites (tertiary alicyclic amines) is 1. The molecule has 1 fully saturated rings. The van der Waals surface area contributed by atoms with Gasteiger partial charge in [0.05, 0.1) is 0 Å². The van der Waals surface area contributed by atoms with Crippen LogP contribution < -0.4 is 0 Å². The lowest BCUT2D eigenvalue weighted by Gasteiger charge is -2.37. The number of pyridine rings is 1. The molecule has 0 bridgehead atoms. The second-order valence-corrected chi connectivity index (χ2v) is 7.26. The van der Waals surface area contributed by atoms with Crippen molar-refractivity contribution in [2.75, 3.05) is 20.1 Å². The lowest BCUT2D eigenvalue weighted by Crippen LogP contribution is -2.46. The Labute approximate surface area is 144 Å². The van der Waals surface area contributed by atoms with Crippen LogP contribution in [0.4, 0.5) is 0 Å². The molecule has 1 aromatic heterocycles. The van der Waals surface area contributed by atoms with Gasteiger partial charge >= 0.3 is 0 Å². The molecule has 1 aliphatic heterocycles.